The normalized spacial score (nSPS) is 20.0. The van der Waals surface area contributed by atoms with Gasteiger partial charge in [-0.1, -0.05) is 12.8 Å². The number of carbonyl (C=O) groups is 1. The summed E-state index contributed by atoms with van der Waals surface area (Å²) in [4.78, 5) is 12.0. The van der Waals surface area contributed by atoms with Gasteiger partial charge in [0.05, 0.1) is 22.9 Å². The van der Waals surface area contributed by atoms with E-state index in [-0.39, 0.29) is 28.2 Å². The highest BCUT2D eigenvalue weighted by atomic mass is 32.2. The number of aromatic nitrogens is 2. The Morgan fingerprint density at radius 1 is 1.30 bits per heavy atom. The van der Waals surface area contributed by atoms with Crippen molar-refractivity contribution in [3.63, 3.8) is 0 Å². The average Bonchev–Trinajstić information content (AvgIpc) is 3.05. The van der Waals surface area contributed by atoms with Crippen LogP contribution >= 0.6 is 0 Å². The molecule has 27 heavy (non-hydrogen) atoms. The summed E-state index contributed by atoms with van der Waals surface area (Å²) in [6.45, 7) is 0. The molecule has 0 aliphatic heterocycles. The lowest BCUT2D eigenvalue weighted by atomic mass is 9.85. The Balaban J connectivity index is 1.90. The summed E-state index contributed by atoms with van der Waals surface area (Å²) < 4.78 is 24.8. The van der Waals surface area contributed by atoms with Gasteiger partial charge in [0.1, 0.15) is 5.56 Å². The van der Waals surface area contributed by atoms with Crippen LogP contribution in [0.4, 0.5) is 11.5 Å². The number of nitrogens with two attached hydrogens (primary N) is 1. The molecule has 0 unspecified atom stereocenters. The molecule has 2 atom stereocenters. The van der Waals surface area contributed by atoms with Crippen molar-refractivity contribution in [3.05, 3.63) is 36.0 Å². The van der Waals surface area contributed by atoms with E-state index >= 15 is 0 Å². The maximum absolute atomic E-state index is 11.8. The minimum absolute atomic E-state index is 0.0926. The van der Waals surface area contributed by atoms with Crippen molar-refractivity contribution in [2.45, 2.75) is 36.6 Å². The molecular weight excluding hydrogens is 366 g/mol. The van der Waals surface area contributed by atoms with Crippen LogP contribution in [0.3, 0.4) is 0 Å². The molecule has 1 saturated carbocycles. The zero-order valence-electron chi connectivity index (χ0n) is 14.9. The Bertz CT molecular complexity index is 989. The predicted molar refractivity (Wildman–Crippen MR) is 100 cm³/mol. The van der Waals surface area contributed by atoms with E-state index in [9.17, 15) is 18.5 Å². The number of nitriles is 1. The number of rotatable bonds is 5. The van der Waals surface area contributed by atoms with Gasteiger partial charge in [0.25, 0.3) is 5.91 Å². The predicted octanol–water partition coefficient (Wildman–Crippen LogP) is 2.38. The van der Waals surface area contributed by atoms with Gasteiger partial charge in [0.15, 0.2) is 15.7 Å². The molecule has 1 aliphatic rings. The molecule has 0 radical (unpaired) electrons. The van der Waals surface area contributed by atoms with Crippen LogP contribution < -0.4 is 11.1 Å². The molecule has 1 heterocycles. The van der Waals surface area contributed by atoms with Gasteiger partial charge in [-0.3, -0.25) is 9.48 Å². The fraction of sp³-hybridized carbons (Fsp3) is 0.389. The van der Waals surface area contributed by atoms with Crippen LogP contribution in [0.25, 0.3) is 0 Å². The molecule has 142 valence electrons. The number of hydrogen-bond donors (Lipinski definition) is 2. The minimum Gasteiger partial charge on any atom is -0.365 e. The molecule has 8 nitrogen and oxygen atoms in total. The molecule has 9 heteroatoms. The summed E-state index contributed by atoms with van der Waals surface area (Å²) in [6.07, 6.45) is 6.36. The average molecular weight is 387 g/mol. The lowest BCUT2D eigenvalue weighted by Gasteiger charge is -2.26. The second-order valence-corrected chi connectivity index (χ2v) is 8.76. The number of nitrogens with one attached hydrogen (secondary N) is 1. The number of anilines is 2. The highest BCUT2D eigenvalue weighted by Gasteiger charge is 2.28. The molecule has 1 aromatic heterocycles. The van der Waals surface area contributed by atoms with Crippen molar-refractivity contribution in [1.29, 1.82) is 5.26 Å². The van der Waals surface area contributed by atoms with E-state index in [4.69, 9.17) is 5.73 Å². The topological polar surface area (TPSA) is 131 Å². The molecule has 3 rings (SSSR count). The van der Waals surface area contributed by atoms with Crippen molar-refractivity contribution in [1.82, 2.24) is 9.78 Å². The van der Waals surface area contributed by atoms with Gasteiger partial charge >= 0.3 is 0 Å². The summed E-state index contributed by atoms with van der Waals surface area (Å²) >= 11 is 0. The van der Waals surface area contributed by atoms with Crippen molar-refractivity contribution in [2.24, 2.45) is 11.7 Å². The Morgan fingerprint density at radius 2 is 1.96 bits per heavy atom. The third kappa shape index (κ3) is 4.11. The number of primary amides is 1. The van der Waals surface area contributed by atoms with Crippen molar-refractivity contribution < 1.29 is 13.2 Å². The van der Waals surface area contributed by atoms with Crippen LogP contribution in [-0.4, -0.2) is 30.4 Å². The van der Waals surface area contributed by atoms with Gasteiger partial charge in [-0.2, -0.15) is 10.4 Å². The number of amides is 1. The van der Waals surface area contributed by atoms with Gasteiger partial charge in [-0.25, -0.2) is 8.42 Å². The summed E-state index contributed by atoms with van der Waals surface area (Å²) in [5.74, 6) is -0.487. The first-order chi connectivity index (χ1) is 12.8. The van der Waals surface area contributed by atoms with Crippen molar-refractivity contribution in [3.8, 4) is 6.07 Å². The van der Waals surface area contributed by atoms with E-state index in [2.05, 4.69) is 16.5 Å². The number of sulfone groups is 1. The van der Waals surface area contributed by atoms with E-state index in [0.717, 1.165) is 31.9 Å². The molecule has 3 N–H and O–H groups in total. The Kier molecular flexibility index (Phi) is 5.19. The lowest BCUT2D eigenvalue weighted by molar-refractivity contribution is 0.100. The van der Waals surface area contributed by atoms with E-state index in [0.29, 0.717) is 5.69 Å². The zero-order valence-corrected chi connectivity index (χ0v) is 15.7. The third-order valence-electron chi connectivity index (χ3n) is 4.78. The summed E-state index contributed by atoms with van der Waals surface area (Å²) in [6, 6.07) is 8.38. The number of nitrogens with zero attached hydrogens (tertiary/aromatic N) is 3. The van der Waals surface area contributed by atoms with Crippen LogP contribution in [0.1, 0.15) is 42.1 Å². The maximum Gasteiger partial charge on any atom is 0.254 e. The molecule has 1 amide bonds. The second kappa shape index (κ2) is 7.40. The molecule has 0 bridgehead atoms. The van der Waals surface area contributed by atoms with Gasteiger partial charge < -0.3 is 11.1 Å². The SMILES string of the molecule is CS(=O)(=O)c1ccc(Nc2nn([C@@H]3CCCC[C@@H]3C#N)cc2C(N)=O)cc1. The molecule has 1 aromatic carbocycles. The quantitative estimate of drug-likeness (QED) is 0.810. The van der Waals surface area contributed by atoms with Crippen molar-refractivity contribution >= 4 is 27.2 Å². The fourth-order valence-corrected chi connectivity index (χ4v) is 3.97. The van der Waals surface area contributed by atoms with Crippen LogP contribution in [0.5, 0.6) is 0 Å². The highest BCUT2D eigenvalue weighted by Crippen LogP contribution is 2.34. The molecular formula is C18H21N5O3S. The largest absolute Gasteiger partial charge is 0.365 e. The van der Waals surface area contributed by atoms with E-state index in [1.165, 1.54) is 12.1 Å². The van der Waals surface area contributed by atoms with Crippen LogP contribution in [-0.2, 0) is 9.84 Å². The number of hydrogen-bond acceptors (Lipinski definition) is 6. The Morgan fingerprint density at radius 3 is 2.56 bits per heavy atom. The minimum atomic E-state index is -3.29. The smallest absolute Gasteiger partial charge is 0.254 e. The maximum atomic E-state index is 11.8. The van der Waals surface area contributed by atoms with E-state index < -0.39 is 15.7 Å². The van der Waals surface area contributed by atoms with E-state index in [1.54, 1.807) is 23.0 Å². The van der Waals surface area contributed by atoms with Crippen LogP contribution in [0.15, 0.2) is 35.4 Å². The Hall–Kier alpha value is -2.86. The Labute approximate surface area is 157 Å². The first-order valence-corrected chi connectivity index (χ1v) is 10.5. The summed E-state index contributed by atoms with van der Waals surface area (Å²) in [7, 11) is -3.29. The van der Waals surface area contributed by atoms with Crippen LogP contribution in [0, 0.1) is 17.2 Å². The third-order valence-corrected chi connectivity index (χ3v) is 5.91. The molecule has 1 aliphatic carbocycles. The number of benzene rings is 1. The standard InChI is InChI=1S/C18H21N5O3S/c1-27(25,26)14-8-6-13(7-9-14)21-18-15(17(20)24)11-23(22-18)16-5-3-2-4-12(16)10-19/h6-9,11-12,16H,2-5H2,1H3,(H2,20,24)(H,21,22)/t12-,16-/m1/s1. The fourth-order valence-electron chi connectivity index (χ4n) is 3.33. The second-order valence-electron chi connectivity index (χ2n) is 6.74. The molecule has 1 fully saturated rings. The summed E-state index contributed by atoms with van der Waals surface area (Å²) in [5.41, 5.74) is 6.29. The molecule has 0 saturated heterocycles. The molecule has 2 aromatic rings. The highest BCUT2D eigenvalue weighted by molar-refractivity contribution is 7.90. The first kappa shape index (κ1) is 18.9. The van der Waals surface area contributed by atoms with Gasteiger partial charge in [-0.05, 0) is 37.1 Å². The van der Waals surface area contributed by atoms with Crippen molar-refractivity contribution in [2.75, 3.05) is 11.6 Å². The van der Waals surface area contributed by atoms with E-state index in [1.807, 2.05) is 0 Å². The van der Waals surface area contributed by atoms with Gasteiger partial charge in [0.2, 0.25) is 0 Å². The first-order valence-electron chi connectivity index (χ1n) is 8.65. The van der Waals surface area contributed by atoms with Gasteiger partial charge in [-0.15, -0.1) is 0 Å². The van der Waals surface area contributed by atoms with Gasteiger partial charge in [0, 0.05) is 18.1 Å². The summed E-state index contributed by atoms with van der Waals surface area (Å²) in [5, 5.41) is 16.9. The van der Waals surface area contributed by atoms with Crippen LogP contribution in [0.2, 0.25) is 0 Å². The molecule has 0 spiro atoms. The number of carbonyl (C=O) groups excluding carboxylic acids is 1. The zero-order chi connectivity index (χ0) is 19.6. The monoisotopic (exact) mass is 387 g/mol. The lowest BCUT2D eigenvalue weighted by Crippen LogP contribution is -2.22.